The Morgan fingerprint density at radius 3 is 2.86 bits per heavy atom. The second-order valence-corrected chi connectivity index (χ2v) is 6.00. The number of benzene rings is 1. The summed E-state index contributed by atoms with van der Waals surface area (Å²) in [6.45, 7) is 1.92. The highest BCUT2D eigenvalue weighted by Gasteiger charge is 1.97. The van der Waals surface area contributed by atoms with Crippen LogP contribution >= 0.6 is 19.3 Å². The number of halogens is 1. The van der Waals surface area contributed by atoms with Crippen LogP contribution in [0.15, 0.2) is 18.2 Å². The molecular formula is C10H11IN2O. The minimum absolute atomic E-state index is 0.429. The Hall–Kier alpha value is -1.09. The summed E-state index contributed by atoms with van der Waals surface area (Å²) in [5.74, 6) is 0. The average Bonchev–Trinajstić information content (AvgIpc) is 2.14. The maximum Gasteiger partial charge on any atom is 0.0992 e. The molecule has 0 bridgehead atoms. The molecule has 0 fully saturated rings. The van der Waals surface area contributed by atoms with Crippen LogP contribution < -0.4 is 5.32 Å². The molecule has 0 aromatic heterocycles. The van der Waals surface area contributed by atoms with Gasteiger partial charge in [0.1, 0.15) is 0 Å². The second kappa shape index (κ2) is 4.96. The SMILES string of the molecule is C=I(=O)CNc1cc(C)cc(C#N)c1. The predicted molar refractivity (Wildman–Crippen MR) is 66.2 cm³/mol. The van der Waals surface area contributed by atoms with Gasteiger partial charge in [0.05, 0.1) is 35.5 Å². The van der Waals surface area contributed by atoms with Gasteiger partial charge in [-0.15, -0.1) is 0 Å². The lowest BCUT2D eigenvalue weighted by atomic mass is 10.1. The highest BCUT2D eigenvalue weighted by Crippen LogP contribution is 2.15. The first-order valence-electron chi connectivity index (χ1n) is 4.00. The van der Waals surface area contributed by atoms with Crippen LogP contribution in [0.3, 0.4) is 0 Å². The van der Waals surface area contributed by atoms with Gasteiger partial charge in [0.25, 0.3) is 0 Å². The largest absolute Gasteiger partial charge is 0.374 e. The summed E-state index contributed by atoms with van der Waals surface area (Å²) in [4.78, 5) is 0. The lowest BCUT2D eigenvalue weighted by Crippen LogP contribution is -1.96. The Kier molecular flexibility index (Phi) is 3.89. The monoisotopic (exact) mass is 302 g/mol. The van der Waals surface area contributed by atoms with Crippen LogP contribution in [0.4, 0.5) is 5.69 Å². The standard InChI is InChI=1S/C10H11IN2O/c1-8-3-9(6-12)5-10(4-8)13-7-11(2)14/h3-5,13H,2,7H2,1H3. The minimum Gasteiger partial charge on any atom is -0.374 e. The van der Waals surface area contributed by atoms with Crippen LogP contribution in [0.2, 0.25) is 0 Å². The van der Waals surface area contributed by atoms with Gasteiger partial charge in [0.15, 0.2) is 0 Å². The Labute approximate surface area is 90.0 Å². The molecule has 0 aliphatic rings. The summed E-state index contributed by atoms with van der Waals surface area (Å²) in [5.41, 5.74) is 2.47. The van der Waals surface area contributed by atoms with E-state index in [9.17, 15) is 3.07 Å². The summed E-state index contributed by atoms with van der Waals surface area (Å²) in [6, 6.07) is 7.54. The normalized spacial score (nSPS) is 9.79. The molecule has 0 heterocycles. The Morgan fingerprint density at radius 2 is 2.29 bits per heavy atom. The quantitative estimate of drug-likeness (QED) is 0.530. The Balaban J connectivity index is 2.88. The molecule has 74 valence electrons. The molecule has 0 unspecified atom stereocenters. The zero-order chi connectivity index (χ0) is 10.6. The van der Waals surface area contributed by atoms with Crippen LogP contribution in [0.25, 0.3) is 0 Å². The lowest BCUT2D eigenvalue weighted by Gasteiger charge is -2.04. The average molecular weight is 302 g/mol. The van der Waals surface area contributed by atoms with Gasteiger partial charge < -0.3 is 5.32 Å². The van der Waals surface area contributed by atoms with E-state index in [2.05, 4.69) is 15.9 Å². The van der Waals surface area contributed by atoms with Crippen molar-refractivity contribution in [2.75, 3.05) is 9.87 Å². The number of hydrogen-bond donors (Lipinski definition) is 1. The third kappa shape index (κ3) is 3.34. The number of rotatable bonds is 3. The molecule has 0 saturated carbocycles. The molecule has 0 aliphatic heterocycles. The van der Waals surface area contributed by atoms with E-state index in [1.165, 1.54) is 0 Å². The number of aryl methyl sites for hydroxylation is 1. The molecule has 0 saturated heterocycles. The van der Waals surface area contributed by atoms with Crippen molar-refractivity contribution >= 4 is 29.5 Å². The minimum atomic E-state index is -2.23. The van der Waals surface area contributed by atoms with Gasteiger partial charge in [-0.05, 0) is 35.2 Å². The molecular weight excluding hydrogens is 291 g/mol. The summed E-state index contributed by atoms with van der Waals surface area (Å²) in [6.07, 6.45) is 0. The van der Waals surface area contributed by atoms with E-state index in [1.54, 1.807) is 6.07 Å². The molecule has 1 rings (SSSR count). The molecule has 14 heavy (non-hydrogen) atoms. The zero-order valence-corrected chi connectivity index (χ0v) is 10.0. The van der Waals surface area contributed by atoms with E-state index < -0.39 is 19.3 Å². The summed E-state index contributed by atoms with van der Waals surface area (Å²) in [7, 11) is 0. The van der Waals surface area contributed by atoms with Crippen molar-refractivity contribution in [1.82, 2.24) is 0 Å². The van der Waals surface area contributed by atoms with Gasteiger partial charge in [-0.3, -0.25) is 3.07 Å². The molecule has 0 atom stereocenters. The Bertz CT molecular complexity index is 436. The van der Waals surface area contributed by atoms with Crippen LogP contribution in [-0.2, 0) is 3.07 Å². The number of nitrogens with zero attached hydrogens (tertiary/aromatic N) is 1. The molecule has 1 aromatic rings. The summed E-state index contributed by atoms with van der Waals surface area (Å²) >= 11 is -2.23. The molecule has 0 radical (unpaired) electrons. The van der Waals surface area contributed by atoms with Gasteiger partial charge in [-0.1, -0.05) is 0 Å². The van der Waals surface area contributed by atoms with Gasteiger partial charge in [-0.25, -0.2) is 0 Å². The van der Waals surface area contributed by atoms with E-state index in [-0.39, 0.29) is 0 Å². The number of nitriles is 1. The number of alkyl halides is 1. The number of anilines is 1. The van der Waals surface area contributed by atoms with Crippen LogP contribution in [0, 0.1) is 18.3 Å². The maximum atomic E-state index is 10.9. The van der Waals surface area contributed by atoms with Crippen molar-refractivity contribution in [3.63, 3.8) is 0 Å². The molecule has 4 heteroatoms. The molecule has 0 spiro atoms. The molecule has 1 N–H and O–H groups in total. The van der Waals surface area contributed by atoms with E-state index in [1.807, 2.05) is 19.1 Å². The number of nitrogens with one attached hydrogen (secondary N) is 1. The fourth-order valence-electron chi connectivity index (χ4n) is 1.10. The summed E-state index contributed by atoms with van der Waals surface area (Å²) in [5, 5.41) is 11.7. The third-order valence-electron chi connectivity index (χ3n) is 1.63. The predicted octanol–water partition coefficient (Wildman–Crippen LogP) is 2.52. The van der Waals surface area contributed by atoms with Crippen LogP contribution in [0.5, 0.6) is 0 Å². The first-order chi connectivity index (χ1) is 6.61. The smallest absolute Gasteiger partial charge is 0.0992 e. The van der Waals surface area contributed by atoms with Crippen molar-refractivity contribution in [1.29, 1.82) is 5.26 Å². The number of hydrogen-bond acceptors (Lipinski definition) is 3. The van der Waals surface area contributed by atoms with Crippen LogP contribution in [-0.4, -0.2) is 9.07 Å². The molecule has 0 amide bonds. The van der Waals surface area contributed by atoms with Gasteiger partial charge in [-0.2, -0.15) is 5.26 Å². The van der Waals surface area contributed by atoms with Crippen molar-refractivity contribution < 1.29 is 3.07 Å². The first kappa shape index (κ1) is 11.0. The highest BCUT2D eigenvalue weighted by atomic mass is 127. The highest BCUT2D eigenvalue weighted by molar-refractivity contribution is 14.2. The van der Waals surface area contributed by atoms with Crippen molar-refractivity contribution in [3.05, 3.63) is 29.3 Å². The molecule has 1 aromatic carbocycles. The van der Waals surface area contributed by atoms with E-state index in [0.29, 0.717) is 10.1 Å². The topological polar surface area (TPSA) is 52.9 Å². The van der Waals surface area contributed by atoms with Crippen LogP contribution in [0.1, 0.15) is 11.1 Å². The maximum absolute atomic E-state index is 10.9. The molecule has 3 nitrogen and oxygen atoms in total. The fraction of sp³-hybridized carbons (Fsp3) is 0.200. The lowest BCUT2D eigenvalue weighted by molar-refractivity contribution is 0.647. The van der Waals surface area contributed by atoms with E-state index >= 15 is 0 Å². The fourth-order valence-corrected chi connectivity index (χ4v) is 1.97. The first-order valence-corrected chi connectivity index (χ1v) is 7.93. The van der Waals surface area contributed by atoms with Gasteiger partial charge >= 0.3 is 0 Å². The second-order valence-electron chi connectivity index (χ2n) is 2.92. The zero-order valence-electron chi connectivity index (χ0n) is 7.88. The van der Waals surface area contributed by atoms with Crippen molar-refractivity contribution in [2.45, 2.75) is 6.92 Å². The van der Waals surface area contributed by atoms with Gasteiger partial charge in [0.2, 0.25) is 0 Å². The van der Waals surface area contributed by atoms with Gasteiger partial charge in [0, 0.05) is 5.69 Å². The summed E-state index contributed by atoms with van der Waals surface area (Å²) < 4.78 is 14.8. The third-order valence-corrected chi connectivity index (χ3v) is 2.86. The van der Waals surface area contributed by atoms with Crippen molar-refractivity contribution in [2.24, 2.45) is 0 Å². The van der Waals surface area contributed by atoms with E-state index in [0.717, 1.165) is 11.3 Å². The molecule has 0 aliphatic carbocycles. The van der Waals surface area contributed by atoms with Crippen molar-refractivity contribution in [3.8, 4) is 6.07 Å². The Morgan fingerprint density at radius 1 is 1.57 bits per heavy atom. The van der Waals surface area contributed by atoms with E-state index in [4.69, 9.17) is 5.26 Å².